The number of esters is 1. The first-order valence-electron chi connectivity index (χ1n) is 5.81. The highest BCUT2D eigenvalue weighted by atomic mass is 79.9. The van der Waals surface area contributed by atoms with Gasteiger partial charge in [-0.2, -0.15) is 0 Å². The Hall–Kier alpha value is -1.20. The van der Waals surface area contributed by atoms with Gasteiger partial charge in [-0.15, -0.1) is 11.3 Å². The molecule has 1 aromatic carbocycles. The van der Waals surface area contributed by atoms with Gasteiger partial charge in [0.25, 0.3) is 0 Å². The van der Waals surface area contributed by atoms with Crippen molar-refractivity contribution in [3.63, 3.8) is 0 Å². The number of hydrogen-bond donors (Lipinski definition) is 0. The molecule has 0 amide bonds. The molecule has 0 aliphatic carbocycles. The van der Waals surface area contributed by atoms with Gasteiger partial charge in [0.15, 0.2) is 5.78 Å². The molecule has 0 bridgehead atoms. The van der Waals surface area contributed by atoms with Crippen LogP contribution in [0.15, 0.2) is 22.7 Å². The number of carbonyl (C=O) groups excluding carboxylic acids is 2. The summed E-state index contributed by atoms with van der Waals surface area (Å²) in [6.45, 7) is 2.02. The number of carbonyl (C=O) groups is 2. The minimum Gasteiger partial charge on any atom is -0.469 e. The molecule has 1 heterocycles. The zero-order valence-corrected chi connectivity index (χ0v) is 13.1. The van der Waals surface area contributed by atoms with Crippen LogP contribution in [0.2, 0.25) is 0 Å². The van der Waals surface area contributed by atoms with Crippen molar-refractivity contribution in [1.82, 2.24) is 0 Å². The van der Waals surface area contributed by atoms with Gasteiger partial charge < -0.3 is 4.74 Å². The highest BCUT2D eigenvalue weighted by Gasteiger charge is 2.14. The largest absolute Gasteiger partial charge is 0.469 e. The Morgan fingerprint density at radius 1 is 1.26 bits per heavy atom. The summed E-state index contributed by atoms with van der Waals surface area (Å²) in [5, 5.41) is 1.04. The third kappa shape index (κ3) is 3.22. The molecule has 0 atom stereocenters. The molecular weight excluding hydrogens is 328 g/mol. The van der Waals surface area contributed by atoms with Crippen LogP contribution in [0.1, 0.15) is 28.1 Å². The highest BCUT2D eigenvalue weighted by molar-refractivity contribution is 9.10. The molecule has 0 saturated heterocycles. The number of Topliss-reactive ketones (excluding diaryl/α,β-unsaturated/α-hetero) is 1. The Balaban J connectivity index is 2.24. The number of halogens is 1. The van der Waals surface area contributed by atoms with E-state index in [-0.39, 0.29) is 24.6 Å². The summed E-state index contributed by atoms with van der Waals surface area (Å²) in [6, 6.07) is 5.96. The second-order valence-electron chi connectivity index (χ2n) is 4.27. The van der Waals surface area contributed by atoms with Crippen molar-refractivity contribution in [3.8, 4) is 0 Å². The lowest BCUT2D eigenvalue weighted by molar-refractivity contribution is -0.140. The molecule has 0 spiro atoms. The molecule has 2 aromatic rings. The van der Waals surface area contributed by atoms with Crippen molar-refractivity contribution in [2.24, 2.45) is 0 Å². The Labute approximate surface area is 123 Å². The fourth-order valence-corrected chi connectivity index (χ4v) is 3.78. The van der Waals surface area contributed by atoms with Gasteiger partial charge in [0, 0.05) is 21.0 Å². The first-order valence-corrected chi connectivity index (χ1v) is 7.42. The number of benzene rings is 1. The van der Waals surface area contributed by atoms with Gasteiger partial charge in [-0.25, -0.2) is 0 Å². The number of ether oxygens (including phenoxy) is 1. The maximum Gasteiger partial charge on any atom is 0.305 e. The maximum atomic E-state index is 12.0. The van der Waals surface area contributed by atoms with Gasteiger partial charge >= 0.3 is 5.97 Å². The summed E-state index contributed by atoms with van der Waals surface area (Å²) in [6.07, 6.45) is 0.319. The van der Waals surface area contributed by atoms with Crippen LogP contribution in [-0.4, -0.2) is 18.9 Å². The van der Waals surface area contributed by atoms with E-state index in [9.17, 15) is 9.59 Å². The summed E-state index contributed by atoms with van der Waals surface area (Å²) < 4.78 is 6.60. The quantitative estimate of drug-likeness (QED) is 0.621. The van der Waals surface area contributed by atoms with Crippen molar-refractivity contribution in [2.75, 3.05) is 7.11 Å². The van der Waals surface area contributed by atoms with Gasteiger partial charge in [-0.05, 0) is 30.7 Å². The molecule has 100 valence electrons. The molecule has 0 unspecified atom stereocenters. The van der Waals surface area contributed by atoms with Crippen LogP contribution in [0.3, 0.4) is 0 Å². The Morgan fingerprint density at radius 3 is 2.68 bits per heavy atom. The number of aryl methyl sites for hydroxylation is 1. The molecule has 2 rings (SSSR count). The fraction of sp³-hybridized carbons (Fsp3) is 0.286. The normalized spacial score (nSPS) is 10.7. The molecule has 0 aliphatic rings. The standard InChI is InChI=1S/C14H13BrO3S/c1-8-5-10(15)9-7-13(19-12(9)6-8)11(16)3-4-14(17)18-2/h5-7H,3-4H2,1-2H3. The summed E-state index contributed by atoms with van der Waals surface area (Å²) >= 11 is 4.97. The van der Waals surface area contributed by atoms with E-state index in [4.69, 9.17) is 0 Å². The molecular formula is C14H13BrO3S. The zero-order valence-electron chi connectivity index (χ0n) is 10.7. The summed E-state index contributed by atoms with van der Waals surface area (Å²) in [4.78, 5) is 23.7. The number of fused-ring (bicyclic) bond motifs is 1. The van der Waals surface area contributed by atoms with E-state index in [0.717, 1.165) is 20.1 Å². The predicted octanol–water partition coefficient (Wildman–Crippen LogP) is 4.11. The van der Waals surface area contributed by atoms with Crippen molar-refractivity contribution in [2.45, 2.75) is 19.8 Å². The first-order chi connectivity index (χ1) is 9.01. The fourth-order valence-electron chi connectivity index (χ4n) is 1.80. The van der Waals surface area contributed by atoms with E-state index in [2.05, 4.69) is 26.7 Å². The van der Waals surface area contributed by atoms with Crippen LogP contribution in [0, 0.1) is 6.92 Å². The molecule has 0 aliphatic heterocycles. The zero-order chi connectivity index (χ0) is 14.0. The van der Waals surface area contributed by atoms with Gasteiger partial charge in [-0.3, -0.25) is 9.59 Å². The summed E-state index contributed by atoms with van der Waals surface area (Å²) in [7, 11) is 1.33. The van der Waals surface area contributed by atoms with Crippen molar-refractivity contribution >= 4 is 49.1 Å². The van der Waals surface area contributed by atoms with E-state index < -0.39 is 0 Å². The number of hydrogen-bond acceptors (Lipinski definition) is 4. The van der Waals surface area contributed by atoms with Crippen LogP contribution in [0.4, 0.5) is 0 Å². The van der Waals surface area contributed by atoms with Gasteiger partial charge in [0.05, 0.1) is 18.4 Å². The summed E-state index contributed by atoms with van der Waals surface area (Å²) in [5.74, 6) is -0.373. The average Bonchev–Trinajstić information content (AvgIpc) is 2.79. The van der Waals surface area contributed by atoms with Crippen LogP contribution in [0.25, 0.3) is 10.1 Å². The lowest BCUT2D eigenvalue weighted by Gasteiger charge is -1.96. The van der Waals surface area contributed by atoms with Gasteiger partial charge in [0.1, 0.15) is 0 Å². The SMILES string of the molecule is COC(=O)CCC(=O)c1cc2c(Br)cc(C)cc2s1. The van der Waals surface area contributed by atoms with E-state index >= 15 is 0 Å². The molecule has 0 radical (unpaired) electrons. The van der Waals surface area contributed by atoms with Crippen LogP contribution in [0.5, 0.6) is 0 Å². The number of ketones is 1. The molecule has 19 heavy (non-hydrogen) atoms. The minimum atomic E-state index is -0.355. The van der Waals surface area contributed by atoms with E-state index in [1.165, 1.54) is 18.4 Å². The van der Waals surface area contributed by atoms with E-state index in [1.54, 1.807) is 0 Å². The lowest BCUT2D eigenvalue weighted by Crippen LogP contribution is -2.04. The van der Waals surface area contributed by atoms with E-state index in [1.807, 2.05) is 19.1 Å². The average molecular weight is 341 g/mol. The van der Waals surface area contributed by atoms with Crippen LogP contribution < -0.4 is 0 Å². The topological polar surface area (TPSA) is 43.4 Å². The molecule has 0 N–H and O–H groups in total. The van der Waals surface area contributed by atoms with Gasteiger partial charge in [-0.1, -0.05) is 15.9 Å². The first kappa shape index (κ1) is 14.2. The number of methoxy groups -OCH3 is 1. The molecule has 5 heteroatoms. The Bertz CT molecular complexity index is 645. The van der Waals surface area contributed by atoms with Crippen LogP contribution >= 0.6 is 27.3 Å². The molecule has 1 aromatic heterocycles. The Morgan fingerprint density at radius 2 is 2.00 bits per heavy atom. The molecule has 0 fully saturated rings. The maximum absolute atomic E-state index is 12.0. The molecule has 3 nitrogen and oxygen atoms in total. The highest BCUT2D eigenvalue weighted by Crippen LogP contribution is 2.33. The summed E-state index contributed by atoms with van der Waals surface area (Å²) in [5.41, 5.74) is 1.15. The van der Waals surface area contributed by atoms with Gasteiger partial charge in [0.2, 0.25) is 0 Å². The van der Waals surface area contributed by atoms with Crippen molar-refractivity contribution < 1.29 is 14.3 Å². The van der Waals surface area contributed by atoms with Crippen molar-refractivity contribution in [3.05, 3.63) is 33.1 Å². The van der Waals surface area contributed by atoms with E-state index in [0.29, 0.717) is 4.88 Å². The monoisotopic (exact) mass is 340 g/mol. The number of rotatable bonds is 4. The van der Waals surface area contributed by atoms with Crippen LogP contribution in [-0.2, 0) is 9.53 Å². The minimum absolute atomic E-state index is 0.0175. The smallest absolute Gasteiger partial charge is 0.305 e. The second-order valence-corrected chi connectivity index (χ2v) is 6.21. The van der Waals surface area contributed by atoms with Crippen molar-refractivity contribution in [1.29, 1.82) is 0 Å². The predicted molar refractivity (Wildman–Crippen MR) is 79.8 cm³/mol. The second kappa shape index (κ2) is 5.84. The molecule has 0 saturated carbocycles. The third-order valence-corrected chi connectivity index (χ3v) is 4.57. The Kier molecular flexibility index (Phi) is 4.37. The number of thiophene rings is 1. The third-order valence-electron chi connectivity index (χ3n) is 2.79. The lowest BCUT2D eigenvalue weighted by atomic mass is 10.1.